The number of hydrogen-bond donors (Lipinski definition) is 0. The Bertz CT molecular complexity index is 799. The minimum absolute atomic E-state index is 0.275. The summed E-state index contributed by atoms with van der Waals surface area (Å²) in [7, 11) is 1.63. The van der Waals surface area contributed by atoms with Crippen molar-refractivity contribution in [2.24, 2.45) is 0 Å². The number of alkyl halides is 1. The molecule has 6 heteroatoms. The highest BCUT2D eigenvalue weighted by atomic mass is 35.5. The maximum Gasteiger partial charge on any atom is 0.164 e. The summed E-state index contributed by atoms with van der Waals surface area (Å²) in [6, 6.07) is 9.45. The van der Waals surface area contributed by atoms with Crippen LogP contribution in [0.2, 0.25) is 5.02 Å². The Morgan fingerprint density at radius 1 is 1.29 bits per heavy atom. The molecule has 1 unspecified atom stereocenters. The first-order valence-corrected chi connectivity index (χ1v) is 7.24. The first-order valence-electron chi connectivity index (χ1n) is 6.43. The summed E-state index contributed by atoms with van der Waals surface area (Å²) in [4.78, 5) is 8.94. The molecule has 0 aliphatic rings. The average Bonchev–Trinajstić information content (AvgIpc) is 2.85. The third kappa shape index (κ3) is 2.45. The van der Waals surface area contributed by atoms with Gasteiger partial charge in [0.1, 0.15) is 17.1 Å². The number of benzene rings is 1. The number of rotatable bonds is 3. The van der Waals surface area contributed by atoms with Gasteiger partial charge in [0.2, 0.25) is 0 Å². The molecule has 0 radical (unpaired) electrons. The van der Waals surface area contributed by atoms with Crippen molar-refractivity contribution in [3.63, 3.8) is 0 Å². The molecule has 0 amide bonds. The molecule has 0 fully saturated rings. The Morgan fingerprint density at radius 2 is 2.05 bits per heavy atom. The molecular formula is C15H13Cl2N3O. The van der Waals surface area contributed by atoms with Crippen LogP contribution in [-0.2, 0) is 0 Å². The summed E-state index contributed by atoms with van der Waals surface area (Å²) in [5.41, 5.74) is 2.25. The fourth-order valence-corrected chi connectivity index (χ4v) is 2.58. The van der Waals surface area contributed by atoms with Gasteiger partial charge < -0.3 is 4.74 Å². The van der Waals surface area contributed by atoms with Crippen LogP contribution in [0.5, 0.6) is 5.75 Å². The van der Waals surface area contributed by atoms with E-state index < -0.39 is 0 Å². The lowest BCUT2D eigenvalue weighted by molar-refractivity contribution is 0.412. The third-order valence-electron chi connectivity index (χ3n) is 3.17. The normalized spacial score (nSPS) is 12.6. The number of hydrogen-bond acceptors (Lipinski definition) is 3. The van der Waals surface area contributed by atoms with Crippen LogP contribution in [0.4, 0.5) is 0 Å². The maximum absolute atomic E-state index is 6.28. The van der Waals surface area contributed by atoms with Crippen LogP contribution in [-0.4, -0.2) is 21.6 Å². The summed E-state index contributed by atoms with van der Waals surface area (Å²) in [6.45, 7) is 1.87. The molecule has 0 saturated carbocycles. The third-order valence-corrected chi connectivity index (χ3v) is 3.57. The molecule has 1 atom stereocenters. The van der Waals surface area contributed by atoms with Gasteiger partial charge in [0.25, 0.3) is 0 Å². The van der Waals surface area contributed by atoms with E-state index in [-0.39, 0.29) is 5.38 Å². The Labute approximate surface area is 132 Å². The lowest BCUT2D eigenvalue weighted by Crippen LogP contribution is -2.04. The molecular weight excluding hydrogens is 309 g/mol. The van der Waals surface area contributed by atoms with E-state index in [1.54, 1.807) is 19.4 Å². The van der Waals surface area contributed by atoms with Crippen molar-refractivity contribution in [3.05, 3.63) is 47.4 Å². The number of ether oxygens (including phenoxy) is 1. The molecule has 4 nitrogen and oxygen atoms in total. The first kappa shape index (κ1) is 14.2. The predicted molar refractivity (Wildman–Crippen MR) is 84.7 cm³/mol. The quantitative estimate of drug-likeness (QED) is 0.672. The van der Waals surface area contributed by atoms with Gasteiger partial charge in [-0.15, -0.1) is 11.6 Å². The van der Waals surface area contributed by atoms with Gasteiger partial charge in [0.15, 0.2) is 5.65 Å². The van der Waals surface area contributed by atoms with Crippen molar-refractivity contribution in [1.29, 1.82) is 0 Å². The van der Waals surface area contributed by atoms with E-state index >= 15 is 0 Å². The van der Waals surface area contributed by atoms with Gasteiger partial charge in [-0.2, -0.15) is 0 Å². The number of halogens is 2. The molecule has 0 aliphatic carbocycles. The monoisotopic (exact) mass is 321 g/mol. The number of methoxy groups -OCH3 is 1. The number of pyridine rings is 1. The van der Waals surface area contributed by atoms with Crippen LogP contribution in [0.25, 0.3) is 16.9 Å². The SMILES string of the molecule is COc1ccccc1-n1c(C(C)Cl)nc2cc(Cl)cnc21. The standard InChI is InChI=1S/C15H13Cl2N3O/c1-9(16)14-19-11-7-10(17)8-18-15(11)20(14)12-5-3-4-6-13(12)21-2/h3-9H,1-2H3. The highest BCUT2D eigenvalue weighted by molar-refractivity contribution is 6.31. The van der Waals surface area contributed by atoms with E-state index in [2.05, 4.69) is 9.97 Å². The van der Waals surface area contributed by atoms with Crippen LogP contribution < -0.4 is 4.74 Å². The number of para-hydroxylation sites is 2. The molecule has 2 heterocycles. The molecule has 21 heavy (non-hydrogen) atoms. The second kappa shape index (κ2) is 5.54. The Morgan fingerprint density at radius 3 is 2.76 bits per heavy atom. The highest BCUT2D eigenvalue weighted by Crippen LogP contribution is 2.32. The molecule has 1 aromatic carbocycles. The van der Waals surface area contributed by atoms with Crippen molar-refractivity contribution in [3.8, 4) is 11.4 Å². The van der Waals surface area contributed by atoms with E-state index in [0.29, 0.717) is 22.0 Å². The van der Waals surface area contributed by atoms with Crippen LogP contribution in [0.3, 0.4) is 0 Å². The summed E-state index contributed by atoms with van der Waals surface area (Å²) >= 11 is 12.3. The smallest absolute Gasteiger partial charge is 0.164 e. The van der Waals surface area contributed by atoms with E-state index in [9.17, 15) is 0 Å². The average molecular weight is 322 g/mol. The largest absolute Gasteiger partial charge is 0.495 e. The Balaban J connectivity index is 2.37. The molecule has 2 aromatic heterocycles. The Kier molecular flexibility index (Phi) is 3.74. The van der Waals surface area contributed by atoms with Crippen molar-refractivity contribution in [1.82, 2.24) is 14.5 Å². The molecule has 108 valence electrons. The van der Waals surface area contributed by atoms with Crippen molar-refractivity contribution < 1.29 is 4.74 Å². The molecule has 3 aromatic rings. The van der Waals surface area contributed by atoms with Gasteiger partial charge in [-0.1, -0.05) is 23.7 Å². The maximum atomic E-state index is 6.28. The minimum Gasteiger partial charge on any atom is -0.495 e. The van der Waals surface area contributed by atoms with Crippen LogP contribution in [0.1, 0.15) is 18.1 Å². The summed E-state index contributed by atoms with van der Waals surface area (Å²) in [5.74, 6) is 1.43. The molecule has 0 spiro atoms. The number of imidazole rings is 1. The Hall–Kier alpha value is -1.78. The van der Waals surface area contributed by atoms with Gasteiger partial charge in [-0.05, 0) is 25.1 Å². The zero-order valence-corrected chi connectivity index (χ0v) is 13.1. The summed E-state index contributed by atoms with van der Waals surface area (Å²) in [6.07, 6.45) is 1.60. The van der Waals surface area contributed by atoms with E-state index in [4.69, 9.17) is 27.9 Å². The topological polar surface area (TPSA) is 39.9 Å². The van der Waals surface area contributed by atoms with Crippen LogP contribution in [0.15, 0.2) is 36.5 Å². The van der Waals surface area contributed by atoms with Crippen molar-refractivity contribution >= 4 is 34.4 Å². The van der Waals surface area contributed by atoms with E-state index in [0.717, 1.165) is 11.4 Å². The first-order chi connectivity index (χ1) is 10.1. The molecule has 0 N–H and O–H groups in total. The van der Waals surface area contributed by atoms with Gasteiger partial charge >= 0.3 is 0 Å². The molecule has 3 rings (SSSR count). The molecule has 0 bridgehead atoms. The fourth-order valence-electron chi connectivity index (χ4n) is 2.28. The summed E-state index contributed by atoms with van der Waals surface area (Å²) < 4.78 is 7.34. The highest BCUT2D eigenvalue weighted by Gasteiger charge is 2.19. The molecule has 0 saturated heterocycles. The van der Waals surface area contributed by atoms with Crippen molar-refractivity contribution in [2.75, 3.05) is 7.11 Å². The van der Waals surface area contributed by atoms with Gasteiger partial charge in [0, 0.05) is 6.20 Å². The second-order valence-electron chi connectivity index (χ2n) is 4.59. The van der Waals surface area contributed by atoms with Crippen molar-refractivity contribution in [2.45, 2.75) is 12.3 Å². The zero-order valence-electron chi connectivity index (χ0n) is 11.5. The number of aromatic nitrogens is 3. The van der Waals surface area contributed by atoms with E-state index in [1.807, 2.05) is 35.8 Å². The number of fused-ring (bicyclic) bond motifs is 1. The van der Waals surface area contributed by atoms with Crippen LogP contribution >= 0.6 is 23.2 Å². The fraction of sp³-hybridized carbons (Fsp3) is 0.200. The van der Waals surface area contributed by atoms with Crippen LogP contribution in [0, 0.1) is 0 Å². The summed E-state index contributed by atoms with van der Waals surface area (Å²) in [5, 5.41) is 0.267. The lowest BCUT2D eigenvalue weighted by Gasteiger charge is -2.13. The molecule has 0 aliphatic heterocycles. The minimum atomic E-state index is -0.275. The van der Waals surface area contributed by atoms with Gasteiger partial charge in [0.05, 0.1) is 23.2 Å². The zero-order chi connectivity index (χ0) is 15.0. The van der Waals surface area contributed by atoms with Gasteiger partial charge in [-0.3, -0.25) is 4.57 Å². The second-order valence-corrected chi connectivity index (χ2v) is 5.68. The predicted octanol–water partition coefficient (Wildman–Crippen LogP) is 4.38. The lowest BCUT2D eigenvalue weighted by atomic mass is 10.2. The van der Waals surface area contributed by atoms with Gasteiger partial charge in [-0.25, -0.2) is 9.97 Å². The van der Waals surface area contributed by atoms with E-state index in [1.165, 1.54) is 0 Å². The number of nitrogens with zero attached hydrogens (tertiary/aromatic N) is 3.